The standard InChI is InChI=1S/C21H18N4.C20H14ClFN4/c1-15-5-4-6-17(13-15)23-21-19-8-3-2-7-18(19)20(24-25-21)14-16-9-11-22-12-10-16;21-17-12-14(5-6-18(17)22)24-20-16-4-2-1-3-15(16)19(25-26-20)11-13-7-9-23-10-8-13/h2-13H,14H2,1H3,(H,23,25);1-10,12H,11H2,(H,24,26). The first-order valence-corrected chi connectivity index (χ1v) is 16.7. The summed E-state index contributed by atoms with van der Waals surface area (Å²) < 4.78 is 13.4. The maximum absolute atomic E-state index is 13.4. The fourth-order valence-electron chi connectivity index (χ4n) is 5.72. The van der Waals surface area contributed by atoms with Crippen LogP contribution in [-0.4, -0.2) is 30.4 Å². The van der Waals surface area contributed by atoms with Gasteiger partial charge in [0.1, 0.15) is 5.82 Å². The molecule has 0 atom stereocenters. The van der Waals surface area contributed by atoms with Crippen LogP contribution in [0, 0.1) is 12.7 Å². The number of rotatable bonds is 8. The van der Waals surface area contributed by atoms with Gasteiger partial charge in [-0.25, -0.2) is 4.39 Å². The third-order valence-electron chi connectivity index (χ3n) is 8.23. The molecule has 0 fully saturated rings. The Balaban J connectivity index is 0.000000159. The summed E-state index contributed by atoms with van der Waals surface area (Å²) in [6, 6.07) is 36.8. The summed E-state index contributed by atoms with van der Waals surface area (Å²) in [5, 5.41) is 28.4. The van der Waals surface area contributed by atoms with Crippen LogP contribution >= 0.6 is 11.6 Å². The Morgan fingerprint density at radius 3 is 1.51 bits per heavy atom. The number of pyridine rings is 2. The molecule has 8 rings (SSSR count). The van der Waals surface area contributed by atoms with Crippen LogP contribution in [0.3, 0.4) is 0 Å². The fraction of sp³-hybridized carbons (Fsp3) is 0.0732. The Morgan fingerprint density at radius 1 is 0.529 bits per heavy atom. The summed E-state index contributed by atoms with van der Waals surface area (Å²) in [5.41, 5.74) is 7.01. The third kappa shape index (κ3) is 8.12. The Kier molecular flexibility index (Phi) is 10.1. The van der Waals surface area contributed by atoms with Gasteiger partial charge in [-0.05, 0) is 78.2 Å². The van der Waals surface area contributed by atoms with Crippen molar-refractivity contribution in [2.24, 2.45) is 0 Å². The number of aryl methyl sites for hydroxylation is 1. The second kappa shape index (κ2) is 15.5. The van der Waals surface area contributed by atoms with Gasteiger partial charge in [-0.3, -0.25) is 9.97 Å². The smallest absolute Gasteiger partial charge is 0.160 e. The highest BCUT2D eigenvalue weighted by atomic mass is 35.5. The van der Waals surface area contributed by atoms with Crippen LogP contribution in [-0.2, 0) is 12.8 Å². The van der Waals surface area contributed by atoms with Gasteiger partial charge in [0.05, 0.1) is 16.4 Å². The van der Waals surface area contributed by atoms with Crippen LogP contribution in [0.15, 0.2) is 140 Å². The van der Waals surface area contributed by atoms with Gasteiger partial charge in [-0.1, -0.05) is 72.3 Å². The van der Waals surface area contributed by atoms with Crippen molar-refractivity contribution < 1.29 is 4.39 Å². The molecule has 4 aromatic carbocycles. The average molecular weight is 691 g/mol. The molecule has 0 aliphatic heterocycles. The van der Waals surface area contributed by atoms with Crippen LogP contribution in [0.4, 0.5) is 27.4 Å². The maximum atomic E-state index is 13.4. The summed E-state index contributed by atoms with van der Waals surface area (Å²) >= 11 is 5.86. The molecule has 4 aromatic heterocycles. The summed E-state index contributed by atoms with van der Waals surface area (Å²) in [7, 11) is 0. The number of anilines is 4. The minimum absolute atomic E-state index is 0.0570. The van der Waals surface area contributed by atoms with Crippen molar-refractivity contribution in [3.05, 3.63) is 179 Å². The molecule has 51 heavy (non-hydrogen) atoms. The average Bonchev–Trinajstić information content (AvgIpc) is 3.16. The Labute approximate surface area is 299 Å². The van der Waals surface area contributed by atoms with E-state index >= 15 is 0 Å². The predicted octanol–water partition coefficient (Wildman–Crippen LogP) is 9.82. The second-order valence-corrected chi connectivity index (χ2v) is 12.3. The summed E-state index contributed by atoms with van der Waals surface area (Å²) in [5.74, 6) is 0.919. The largest absolute Gasteiger partial charge is 0.338 e. The molecule has 8 aromatic rings. The van der Waals surface area contributed by atoms with Crippen molar-refractivity contribution in [2.45, 2.75) is 19.8 Å². The topological polar surface area (TPSA) is 101 Å². The van der Waals surface area contributed by atoms with Gasteiger partial charge < -0.3 is 10.6 Å². The second-order valence-electron chi connectivity index (χ2n) is 11.9. The minimum atomic E-state index is -0.458. The molecule has 0 aliphatic carbocycles. The van der Waals surface area contributed by atoms with Gasteiger partial charge >= 0.3 is 0 Å². The number of hydrogen-bond acceptors (Lipinski definition) is 8. The van der Waals surface area contributed by atoms with Crippen LogP contribution in [0.25, 0.3) is 21.5 Å². The van der Waals surface area contributed by atoms with E-state index in [1.165, 1.54) is 23.3 Å². The van der Waals surface area contributed by atoms with E-state index in [-0.39, 0.29) is 5.02 Å². The molecule has 0 bridgehead atoms. The molecule has 0 aliphatic rings. The molecule has 2 N–H and O–H groups in total. The minimum Gasteiger partial charge on any atom is -0.338 e. The number of halogens is 2. The highest BCUT2D eigenvalue weighted by molar-refractivity contribution is 6.31. The van der Waals surface area contributed by atoms with Crippen LogP contribution in [0.5, 0.6) is 0 Å². The van der Waals surface area contributed by atoms with Crippen molar-refractivity contribution in [3.63, 3.8) is 0 Å². The van der Waals surface area contributed by atoms with E-state index in [1.54, 1.807) is 30.9 Å². The molecule has 0 saturated heterocycles. The van der Waals surface area contributed by atoms with Crippen LogP contribution < -0.4 is 10.6 Å². The summed E-state index contributed by atoms with van der Waals surface area (Å²) in [6.45, 7) is 2.08. The van der Waals surface area contributed by atoms with Gasteiger partial charge in [0, 0.05) is 70.5 Å². The molecule has 8 nitrogen and oxygen atoms in total. The van der Waals surface area contributed by atoms with Crippen molar-refractivity contribution >= 4 is 56.2 Å². The van der Waals surface area contributed by atoms with E-state index in [0.717, 1.165) is 56.4 Å². The fourth-order valence-corrected chi connectivity index (χ4v) is 5.90. The Bertz CT molecular complexity index is 2430. The first-order valence-electron chi connectivity index (χ1n) is 16.3. The lowest BCUT2D eigenvalue weighted by Gasteiger charge is -2.11. The number of benzene rings is 4. The van der Waals surface area contributed by atoms with Crippen molar-refractivity contribution in [1.82, 2.24) is 30.4 Å². The highest BCUT2D eigenvalue weighted by Gasteiger charge is 2.12. The van der Waals surface area contributed by atoms with Crippen LogP contribution in [0.2, 0.25) is 5.02 Å². The molecule has 250 valence electrons. The number of nitrogens with zero attached hydrogens (tertiary/aromatic N) is 6. The molecule has 0 spiro atoms. The van der Waals surface area contributed by atoms with Crippen molar-refractivity contribution in [1.29, 1.82) is 0 Å². The van der Waals surface area contributed by atoms with E-state index < -0.39 is 5.82 Å². The molecule has 0 unspecified atom stereocenters. The summed E-state index contributed by atoms with van der Waals surface area (Å²) in [4.78, 5) is 8.11. The molecular formula is C41H32ClFN8. The van der Waals surface area contributed by atoms with E-state index in [4.69, 9.17) is 11.6 Å². The van der Waals surface area contributed by atoms with E-state index in [2.05, 4.69) is 72.2 Å². The molecule has 0 radical (unpaired) electrons. The Morgan fingerprint density at radius 2 is 1.02 bits per heavy atom. The molecule has 0 saturated carbocycles. The monoisotopic (exact) mass is 690 g/mol. The Hall–Kier alpha value is -6.32. The van der Waals surface area contributed by atoms with E-state index in [9.17, 15) is 4.39 Å². The lowest BCUT2D eigenvalue weighted by molar-refractivity contribution is 0.628. The van der Waals surface area contributed by atoms with Crippen LogP contribution in [0.1, 0.15) is 28.1 Å². The number of nitrogens with one attached hydrogen (secondary N) is 2. The van der Waals surface area contributed by atoms with Gasteiger partial charge in [-0.15, -0.1) is 10.2 Å². The number of hydrogen-bond donors (Lipinski definition) is 2. The van der Waals surface area contributed by atoms with Crippen molar-refractivity contribution in [2.75, 3.05) is 10.6 Å². The van der Waals surface area contributed by atoms with E-state index in [0.29, 0.717) is 17.9 Å². The zero-order chi connectivity index (χ0) is 35.0. The zero-order valence-corrected chi connectivity index (χ0v) is 28.4. The van der Waals surface area contributed by atoms with Gasteiger partial charge in [0.15, 0.2) is 11.6 Å². The van der Waals surface area contributed by atoms with Crippen molar-refractivity contribution in [3.8, 4) is 0 Å². The lowest BCUT2D eigenvalue weighted by Crippen LogP contribution is -2.02. The van der Waals surface area contributed by atoms with E-state index in [1.807, 2.05) is 72.8 Å². The van der Waals surface area contributed by atoms with Gasteiger partial charge in [-0.2, -0.15) is 10.2 Å². The van der Waals surface area contributed by atoms with Gasteiger partial charge in [0.2, 0.25) is 0 Å². The number of fused-ring (bicyclic) bond motifs is 2. The molecule has 10 heteroatoms. The highest BCUT2D eigenvalue weighted by Crippen LogP contribution is 2.29. The van der Waals surface area contributed by atoms with Gasteiger partial charge in [0.25, 0.3) is 0 Å². The quantitative estimate of drug-likeness (QED) is 0.163. The molecule has 4 heterocycles. The molecular weight excluding hydrogens is 659 g/mol. The first-order chi connectivity index (χ1) is 25.0. The lowest BCUT2D eigenvalue weighted by atomic mass is 10.0. The molecule has 0 amide bonds. The zero-order valence-electron chi connectivity index (χ0n) is 27.6. The normalized spacial score (nSPS) is 10.8. The predicted molar refractivity (Wildman–Crippen MR) is 202 cm³/mol. The maximum Gasteiger partial charge on any atom is 0.160 e. The first kappa shape index (κ1) is 33.2. The summed E-state index contributed by atoms with van der Waals surface area (Å²) in [6.07, 6.45) is 8.54. The third-order valence-corrected chi connectivity index (χ3v) is 8.52. The number of aromatic nitrogens is 6. The SMILES string of the molecule is Cc1cccc(Nc2nnc(Cc3ccncc3)c3ccccc23)c1.Fc1ccc(Nc2nnc(Cc3ccncc3)c3ccccc23)cc1Cl.